The van der Waals surface area contributed by atoms with Crippen molar-refractivity contribution in [1.82, 2.24) is 0 Å². The molecule has 5 heteroatoms. The van der Waals surface area contributed by atoms with Gasteiger partial charge in [-0.3, -0.25) is 10.1 Å². The summed E-state index contributed by atoms with van der Waals surface area (Å²) in [7, 11) is 0. The van der Waals surface area contributed by atoms with Crippen molar-refractivity contribution in [3.05, 3.63) is 39.9 Å². The second kappa shape index (κ2) is 5.97. The Hall–Kier alpha value is -1.57. The molecule has 0 saturated heterocycles. The summed E-state index contributed by atoms with van der Waals surface area (Å²) in [5.41, 5.74) is 5.82. The van der Waals surface area contributed by atoms with E-state index < -0.39 is 4.92 Å². The van der Waals surface area contributed by atoms with Gasteiger partial charge in [0.2, 0.25) is 0 Å². The Morgan fingerprint density at radius 2 is 2.21 bits per heavy atom. The van der Waals surface area contributed by atoms with Crippen LogP contribution in [0.15, 0.2) is 24.3 Å². The second-order valence-corrected chi connectivity index (χ2v) is 2.31. The monoisotopic (exact) mass is 212 g/mol. The average Bonchev–Trinajstić information content (AvgIpc) is 2.15. The molecule has 0 spiro atoms. The molecule has 1 aromatic carbocycles. The number of nitrogens with zero attached hydrogens (tertiary/aromatic N) is 1. The highest BCUT2D eigenvalue weighted by molar-refractivity contribution is 5.85. The van der Waals surface area contributed by atoms with Gasteiger partial charge in [-0.1, -0.05) is 17.9 Å². The lowest BCUT2D eigenvalue weighted by Crippen LogP contribution is -1.93. The zero-order chi connectivity index (χ0) is 9.68. The van der Waals surface area contributed by atoms with Crippen molar-refractivity contribution in [1.29, 1.82) is 0 Å². The summed E-state index contributed by atoms with van der Waals surface area (Å²) in [5, 5.41) is 10.4. The number of non-ortho nitro benzene ring substituents is 1. The molecule has 0 aliphatic heterocycles. The van der Waals surface area contributed by atoms with Crippen LogP contribution in [0.4, 0.5) is 5.69 Å². The Bertz CT molecular complexity index is 382. The number of nitrogens with two attached hydrogens (primary N) is 1. The van der Waals surface area contributed by atoms with Crippen molar-refractivity contribution in [3.8, 4) is 11.8 Å². The Balaban J connectivity index is 0.00000169. The third kappa shape index (κ3) is 3.44. The highest BCUT2D eigenvalue weighted by Gasteiger charge is 2.03. The van der Waals surface area contributed by atoms with Crippen LogP contribution in [0.5, 0.6) is 0 Å². The Labute approximate surface area is 87.7 Å². The first-order valence-corrected chi connectivity index (χ1v) is 3.67. The molecular weight excluding hydrogens is 204 g/mol. The van der Waals surface area contributed by atoms with E-state index in [-0.39, 0.29) is 24.6 Å². The van der Waals surface area contributed by atoms with E-state index in [4.69, 9.17) is 5.73 Å². The third-order valence-electron chi connectivity index (χ3n) is 1.39. The van der Waals surface area contributed by atoms with Crippen molar-refractivity contribution >= 4 is 18.1 Å². The van der Waals surface area contributed by atoms with E-state index in [0.717, 1.165) is 0 Å². The SMILES string of the molecule is Cl.NCC#Cc1cccc([N+](=O)[O-])c1. The summed E-state index contributed by atoms with van der Waals surface area (Å²) < 4.78 is 0. The van der Waals surface area contributed by atoms with Crippen molar-refractivity contribution in [3.63, 3.8) is 0 Å². The maximum Gasteiger partial charge on any atom is 0.270 e. The number of nitro benzene ring substituents is 1. The molecule has 0 fully saturated rings. The van der Waals surface area contributed by atoms with Gasteiger partial charge in [0.05, 0.1) is 11.5 Å². The number of hydrogen-bond acceptors (Lipinski definition) is 3. The fourth-order valence-electron chi connectivity index (χ4n) is 0.850. The molecule has 0 aliphatic rings. The van der Waals surface area contributed by atoms with Gasteiger partial charge in [0, 0.05) is 17.7 Å². The average molecular weight is 213 g/mol. The lowest BCUT2D eigenvalue weighted by molar-refractivity contribution is -0.384. The first-order valence-electron chi connectivity index (χ1n) is 3.67. The molecule has 0 aromatic heterocycles. The van der Waals surface area contributed by atoms with Crippen molar-refractivity contribution in [2.24, 2.45) is 5.73 Å². The summed E-state index contributed by atoms with van der Waals surface area (Å²) in [4.78, 5) is 9.91. The first kappa shape index (κ1) is 12.4. The molecule has 14 heavy (non-hydrogen) atoms. The molecule has 0 bridgehead atoms. The van der Waals surface area contributed by atoms with E-state index in [1.54, 1.807) is 12.1 Å². The molecule has 1 aromatic rings. The zero-order valence-corrected chi connectivity index (χ0v) is 8.08. The van der Waals surface area contributed by atoms with Gasteiger partial charge in [0.1, 0.15) is 0 Å². The maximum atomic E-state index is 10.4. The van der Waals surface area contributed by atoms with E-state index in [1.165, 1.54) is 12.1 Å². The molecule has 0 atom stereocenters. The van der Waals surface area contributed by atoms with Gasteiger partial charge >= 0.3 is 0 Å². The van der Waals surface area contributed by atoms with Gasteiger partial charge in [-0.25, -0.2) is 0 Å². The predicted octanol–water partition coefficient (Wildman–Crippen LogP) is 1.33. The highest BCUT2D eigenvalue weighted by Crippen LogP contribution is 2.11. The number of benzene rings is 1. The zero-order valence-electron chi connectivity index (χ0n) is 7.27. The largest absolute Gasteiger partial charge is 0.320 e. The number of hydrogen-bond donors (Lipinski definition) is 1. The van der Waals surface area contributed by atoms with Crippen molar-refractivity contribution in [2.45, 2.75) is 0 Å². The first-order chi connectivity index (χ1) is 6.24. The van der Waals surface area contributed by atoms with E-state index >= 15 is 0 Å². The van der Waals surface area contributed by atoms with Crippen LogP contribution in [0.1, 0.15) is 5.56 Å². The highest BCUT2D eigenvalue weighted by atomic mass is 35.5. The number of halogens is 1. The maximum absolute atomic E-state index is 10.4. The predicted molar refractivity (Wildman–Crippen MR) is 56.3 cm³/mol. The molecule has 0 amide bonds. The minimum atomic E-state index is -0.451. The van der Waals surface area contributed by atoms with Crippen molar-refractivity contribution < 1.29 is 4.92 Å². The van der Waals surface area contributed by atoms with Crippen molar-refractivity contribution in [2.75, 3.05) is 6.54 Å². The summed E-state index contributed by atoms with van der Waals surface area (Å²) in [6.07, 6.45) is 0. The minimum Gasteiger partial charge on any atom is -0.320 e. The van der Waals surface area contributed by atoms with Gasteiger partial charge in [-0.15, -0.1) is 12.4 Å². The van der Waals surface area contributed by atoms with Crippen LogP contribution >= 0.6 is 12.4 Å². The molecule has 0 unspecified atom stereocenters. The Kier molecular flexibility index (Phi) is 5.30. The molecule has 2 N–H and O–H groups in total. The van der Waals surface area contributed by atoms with Gasteiger partial charge in [0.25, 0.3) is 5.69 Å². The van der Waals surface area contributed by atoms with Gasteiger partial charge in [-0.2, -0.15) is 0 Å². The molecule has 4 nitrogen and oxygen atoms in total. The summed E-state index contributed by atoms with van der Waals surface area (Å²) in [6.45, 7) is 0.253. The van der Waals surface area contributed by atoms with Crippen LogP contribution in [0, 0.1) is 22.0 Å². The minimum absolute atomic E-state index is 0. The van der Waals surface area contributed by atoms with E-state index in [9.17, 15) is 10.1 Å². The Morgan fingerprint density at radius 1 is 1.50 bits per heavy atom. The van der Waals surface area contributed by atoms with E-state index in [1.807, 2.05) is 0 Å². The van der Waals surface area contributed by atoms with Gasteiger partial charge in [0.15, 0.2) is 0 Å². The quantitative estimate of drug-likeness (QED) is 0.434. The number of nitro groups is 1. The molecule has 0 radical (unpaired) electrons. The smallest absolute Gasteiger partial charge is 0.270 e. The lowest BCUT2D eigenvalue weighted by Gasteiger charge is -1.91. The summed E-state index contributed by atoms with van der Waals surface area (Å²) in [6, 6.07) is 6.14. The van der Waals surface area contributed by atoms with Crippen LogP contribution < -0.4 is 5.73 Å². The van der Waals surface area contributed by atoms with Crippen LogP contribution in [-0.4, -0.2) is 11.5 Å². The Morgan fingerprint density at radius 3 is 2.79 bits per heavy atom. The van der Waals surface area contributed by atoms with Gasteiger partial charge < -0.3 is 5.73 Å². The normalized spacial score (nSPS) is 8.07. The fourth-order valence-corrected chi connectivity index (χ4v) is 0.850. The summed E-state index contributed by atoms with van der Waals surface area (Å²) >= 11 is 0. The standard InChI is InChI=1S/C9H8N2O2.ClH/c10-6-2-4-8-3-1-5-9(7-8)11(12)13;/h1,3,5,7H,6,10H2;1H. The molecule has 0 aliphatic carbocycles. The van der Waals surface area contributed by atoms with Crippen LogP contribution in [-0.2, 0) is 0 Å². The van der Waals surface area contributed by atoms with Crippen LogP contribution in [0.25, 0.3) is 0 Å². The van der Waals surface area contributed by atoms with E-state index in [2.05, 4.69) is 11.8 Å². The number of rotatable bonds is 1. The summed E-state index contributed by atoms with van der Waals surface area (Å²) in [5.74, 6) is 5.35. The van der Waals surface area contributed by atoms with Crippen LogP contribution in [0.2, 0.25) is 0 Å². The third-order valence-corrected chi connectivity index (χ3v) is 1.39. The molecule has 0 saturated carbocycles. The molecular formula is C9H9ClN2O2. The molecule has 1 rings (SSSR count). The topological polar surface area (TPSA) is 69.2 Å². The van der Waals surface area contributed by atoms with Gasteiger partial charge in [-0.05, 0) is 6.07 Å². The lowest BCUT2D eigenvalue weighted by atomic mass is 10.2. The molecule has 0 heterocycles. The second-order valence-electron chi connectivity index (χ2n) is 2.31. The van der Waals surface area contributed by atoms with Crippen LogP contribution in [0.3, 0.4) is 0 Å². The fraction of sp³-hybridized carbons (Fsp3) is 0.111. The molecule has 74 valence electrons. The van der Waals surface area contributed by atoms with E-state index in [0.29, 0.717) is 5.56 Å².